The molecule has 0 amide bonds. The molecule has 0 aliphatic rings. The Bertz CT molecular complexity index is 773. The lowest BCUT2D eigenvalue weighted by molar-refractivity contribution is 0.739. The van der Waals surface area contributed by atoms with E-state index in [-0.39, 0.29) is 5.38 Å². The number of pyridine rings is 1. The second-order valence-corrected chi connectivity index (χ2v) is 6.91. The van der Waals surface area contributed by atoms with Crippen molar-refractivity contribution >= 4 is 34.1 Å². The molecule has 0 N–H and O–H groups in total. The molecule has 0 aliphatic carbocycles. The van der Waals surface area contributed by atoms with Crippen molar-refractivity contribution in [3.05, 3.63) is 45.5 Å². The predicted octanol–water partition coefficient (Wildman–Crippen LogP) is 4.71. The lowest BCUT2D eigenvalue weighted by atomic mass is 10.2. The van der Waals surface area contributed by atoms with Crippen LogP contribution in [-0.4, -0.2) is 14.5 Å². The van der Waals surface area contributed by atoms with Crippen LogP contribution in [0, 0.1) is 6.92 Å². The van der Waals surface area contributed by atoms with E-state index in [1.807, 2.05) is 20.0 Å². The lowest BCUT2D eigenvalue weighted by Crippen LogP contribution is -2.06. The van der Waals surface area contributed by atoms with Crippen LogP contribution in [0.2, 0.25) is 0 Å². The summed E-state index contributed by atoms with van der Waals surface area (Å²) in [5, 5.41) is 2.01. The highest BCUT2D eigenvalue weighted by atomic mass is 35.5. The number of aryl methyl sites for hydroxylation is 2. The maximum absolute atomic E-state index is 6.33. The van der Waals surface area contributed by atoms with E-state index in [0.29, 0.717) is 0 Å². The number of fused-ring (bicyclic) bond motifs is 1. The first-order valence-electron chi connectivity index (χ1n) is 7.12. The largest absolute Gasteiger partial charge is 0.306 e. The maximum Gasteiger partial charge on any atom is 0.160 e. The molecule has 5 heteroatoms. The summed E-state index contributed by atoms with van der Waals surface area (Å²) in [7, 11) is 0. The number of hydrogen-bond donors (Lipinski definition) is 0. The summed E-state index contributed by atoms with van der Waals surface area (Å²) in [5.41, 5.74) is 4.35. The van der Waals surface area contributed by atoms with Gasteiger partial charge >= 0.3 is 0 Å². The molecule has 0 aliphatic heterocycles. The van der Waals surface area contributed by atoms with Crippen molar-refractivity contribution in [1.82, 2.24) is 14.5 Å². The monoisotopic (exact) mass is 319 g/mol. The first-order chi connectivity index (χ1) is 10.1. The summed E-state index contributed by atoms with van der Waals surface area (Å²) in [6, 6.07) is 4.26. The van der Waals surface area contributed by atoms with Gasteiger partial charge in [0.1, 0.15) is 11.3 Å². The number of rotatable bonds is 4. The smallest absolute Gasteiger partial charge is 0.160 e. The van der Waals surface area contributed by atoms with Crippen molar-refractivity contribution < 1.29 is 0 Å². The highest BCUT2D eigenvalue weighted by Crippen LogP contribution is 2.27. The van der Waals surface area contributed by atoms with Crippen LogP contribution >= 0.6 is 22.9 Å². The van der Waals surface area contributed by atoms with Gasteiger partial charge in [0.15, 0.2) is 5.65 Å². The third-order valence-corrected chi connectivity index (χ3v) is 4.77. The van der Waals surface area contributed by atoms with E-state index >= 15 is 0 Å². The zero-order valence-corrected chi connectivity index (χ0v) is 14.0. The van der Waals surface area contributed by atoms with Crippen molar-refractivity contribution in [2.45, 2.75) is 39.1 Å². The second-order valence-electron chi connectivity index (χ2n) is 5.25. The molecule has 0 radical (unpaired) electrons. The minimum absolute atomic E-state index is 0.135. The Morgan fingerprint density at radius 1 is 1.43 bits per heavy atom. The Morgan fingerprint density at radius 2 is 2.24 bits per heavy atom. The normalized spacial score (nSPS) is 13.0. The van der Waals surface area contributed by atoms with Crippen LogP contribution in [0.15, 0.2) is 23.7 Å². The van der Waals surface area contributed by atoms with Gasteiger partial charge in [-0.2, -0.15) is 0 Å². The van der Waals surface area contributed by atoms with Crippen molar-refractivity contribution in [2.75, 3.05) is 0 Å². The highest BCUT2D eigenvalue weighted by molar-refractivity contribution is 7.10. The van der Waals surface area contributed by atoms with Gasteiger partial charge in [0.2, 0.25) is 0 Å². The molecule has 1 unspecified atom stereocenters. The number of imidazole rings is 1. The molecular formula is C16H18ClN3S. The number of aromatic nitrogens is 3. The molecule has 0 aromatic carbocycles. The minimum Gasteiger partial charge on any atom is -0.306 e. The third-order valence-electron chi connectivity index (χ3n) is 3.63. The molecule has 3 heterocycles. The van der Waals surface area contributed by atoms with E-state index in [2.05, 4.69) is 39.0 Å². The number of hydrogen-bond acceptors (Lipinski definition) is 3. The molecule has 0 fully saturated rings. The van der Waals surface area contributed by atoms with Crippen LogP contribution in [0.1, 0.15) is 41.1 Å². The summed E-state index contributed by atoms with van der Waals surface area (Å²) < 4.78 is 2.15. The van der Waals surface area contributed by atoms with Gasteiger partial charge in [-0.3, -0.25) is 0 Å². The molecule has 1 atom stereocenters. The molecule has 3 nitrogen and oxygen atoms in total. The van der Waals surface area contributed by atoms with Gasteiger partial charge in [0.25, 0.3) is 0 Å². The van der Waals surface area contributed by atoms with Crippen LogP contribution in [-0.2, 0) is 13.0 Å². The zero-order chi connectivity index (χ0) is 15.0. The molecule has 0 saturated heterocycles. The number of thiophene rings is 1. The second kappa shape index (κ2) is 5.78. The highest BCUT2D eigenvalue weighted by Gasteiger charge is 2.17. The SMILES string of the molecule is CCc1ccsc1Cn1c(C(C)Cl)nc2cc(C)cnc21. The molecule has 3 rings (SSSR count). The van der Waals surface area contributed by atoms with Crippen molar-refractivity contribution in [1.29, 1.82) is 0 Å². The van der Waals surface area contributed by atoms with Gasteiger partial charge < -0.3 is 4.57 Å². The van der Waals surface area contributed by atoms with Gasteiger partial charge in [0.05, 0.1) is 11.9 Å². The summed E-state index contributed by atoms with van der Waals surface area (Å²) in [5.74, 6) is 0.889. The van der Waals surface area contributed by atoms with Crippen molar-refractivity contribution in [3.8, 4) is 0 Å². The average Bonchev–Trinajstić information content (AvgIpc) is 3.03. The van der Waals surface area contributed by atoms with E-state index < -0.39 is 0 Å². The lowest BCUT2D eigenvalue weighted by Gasteiger charge is -2.10. The molecular weight excluding hydrogens is 302 g/mol. The van der Waals surface area contributed by atoms with E-state index in [0.717, 1.165) is 35.5 Å². The van der Waals surface area contributed by atoms with Gasteiger partial charge in [-0.1, -0.05) is 6.92 Å². The fourth-order valence-corrected chi connectivity index (χ4v) is 3.68. The Kier molecular flexibility index (Phi) is 4.00. The number of halogens is 1. The average molecular weight is 320 g/mol. The summed E-state index contributed by atoms with van der Waals surface area (Å²) >= 11 is 8.11. The molecule has 3 aromatic rings. The van der Waals surface area contributed by atoms with E-state index in [9.17, 15) is 0 Å². The topological polar surface area (TPSA) is 30.7 Å². The fraction of sp³-hybridized carbons (Fsp3) is 0.375. The molecule has 110 valence electrons. The van der Waals surface area contributed by atoms with Gasteiger partial charge in [-0.25, -0.2) is 9.97 Å². The van der Waals surface area contributed by atoms with Gasteiger partial charge in [-0.05, 0) is 48.9 Å². The van der Waals surface area contributed by atoms with Crippen molar-refractivity contribution in [3.63, 3.8) is 0 Å². The Balaban J connectivity index is 2.13. The first kappa shape index (κ1) is 14.5. The Morgan fingerprint density at radius 3 is 2.95 bits per heavy atom. The first-order valence-corrected chi connectivity index (χ1v) is 8.43. The molecule has 0 saturated carbocycles. The summed E-state index contributed by atoms with van der Waals surface area (Å²) in [6.07, 6.45) is 2.93. The molecule has 21 heavy (non-hydrogen) atoms. The Labute approximate surface area is 133 Å². The zero-order valence-electron chi connectivity index (χ0n) is 12.4. The van der Waals surface area contributed by atoms with E-state index in [1.54, 1.807) is 11.3 Å². The molecule has 3 aromatic heterocycles. The van der Waals surface area contributed by atoms with Crippen LogP contribution in [0.3, 0.4) is 0 Å². The van der Waals surface area contributed by atoms with Crippen LogP contribution < -0.4 is 0 Å². The van der Waals surface area contributed by atoms with Crippen molar-refractivity contribution in [2.24, 2.45) is 0 Å². The fourth-order valence-electron chi connectivity index (χ4n) is 2.55. The predicted molar refractivity (Wildman–Crippen MR) is 89.3 cm³/mol. The quantitative estimate of drug-likeness (QED) is 0.652. The summed E-state index contributed by atoms with van der Waals surface area (Å²) in [4.78, 5) is 10.6. The standard InChI is InChI=1S/C16H18ClN3S/c1-4-12-5-6-21-14(12)9-20-15(11(3)17)19-13-7-10(2)8-18-16(13)20/h5-8,11H,4,9H2,1-3H3. The maximum atomic E-state index is 6.33. The van der Waals surface area contributed by atoms with E-state index in [4.69, 9.17) is 11.6 Å². The summed E-state index contributed by atoms with van der Waals surface area (Å²) in [6.45, 7) is 6.97. The van der Waals surface area contributed by atoms with Gasteiger partial charge in [-0.15, -0.1) is 22.9 Å². The van der Waals surface area contributed by atoms with E-state index in [1.165, 1.54) is 10.4 Å². The molecule has 0 bridgehead atoms. The van der Waals surface area contributed by atoms with Crippen LogP contribution in [0.5, 0.6) is 0 Å². The minimum atomic E-state index is -0.135. The van der Waals surface area contributed by atoms with Gasteiger partial charge in [0, 0.05) is 11.1 Å². The number of alkyl halides is 1. The van der Waals surface area contributed by atoms with Crippen LogP contribution in [0.4, 0.5) is 0 Å². The molecule has 0 spiro atoms. The number of nitrogens with zero attached hydrogens (tertiary/aromatic N) is 3. The van der Waals surface area contributed by atoms with Crippen LogP contribution in [0.25, 0.3) is 11.2 Å². The third kappa shape index (κ3) is 2.70. The Hall–Kier alpha value is -1.39.